The molecule has 63 valence electrons. The van der Waals surface area contributed by atoms with Gasteiger partial charge < -0.3 is 0 Å². The third-order valence-corrected chi connectivity index (χ3v) is 2.76. The van der Waals surface area contributed by atoms with Crippen LogP contribution in [0.1, 0.15) is 5.56 Å². The van der Waals surface area contributed by atoms with Crippen molar-refractivity contribution < 1.29 is 9.47 Å². The molecule has 0 fully saturated rings. The van der Waals surface area contributed by atoms with Gasteiger partial charge in [-0.15, -0.1) is 0 Å². The summed E-state index contributed by atoms with van der Waals surface area (Å²) in [5, 5.41) is 0. The van der Waals surface area contributed by atoms with Crippen LogP contribution in [-0.4, -0.2) is 36.7 Å². The topological polar surface area (TPSA) is 18.5 Å². The molecule has 0 amide bonds. The van der Waals surface area contributed by atoms with Crippen LogP contribution in [0.3, 0.4) is 0 Å². The first-order valence-electron chi connectivity index (χ1n) is 3.68. The molecule has 0 spiro atoms. The third kappa shape index (κ3) is 1.86. The molecule has 0 saturated heterocycles. The van der Waals surface area contributed by atoms with E-state index in [1.807, 2.05) is 12.1 Å². The SMILES string of the molecule is COc1cccc([CH2][Sn])c1OC. The van der Waals surface area contributed by atoms with Crippen LogP contribution >= 0.6 is 0 Å². The molecule has 3 heteroatoms. The van der Waals surface area contributed by atoms with Crippen LogP contribution in [0.4, 0.5) is 0 Å². The van der Waals surface area contributed by atoms with Crippen molar-refractivity contribution in [1.29, 1.82) is 0 Å². The summed E-state index contributed by atoms with van der Waals surface area (Å²) >= 11 is 1.48. The van der Waals surface area contributed by atoms with E-state index in [1.54, 1.807) is 14.2 Å². The molecule has 0 unspecified atom stereocenters. The fourth-order valence-electron chi connectivity index (χ4n) is 1.09. The molecule has 0 aliphatic heterocycles. The van der Waals surface area contributed by atoms with E-state index in [2.05, 4.69) is 6.07 Å². The van der Waals surface area contributed by atoms with Gasteiger partial charge in [0.2, 0.25) is 0 Å². The number of hydrogen-bond donors (Lipinski definition) is 0. The summed E-state index contributed by atoms with van der Waals surface area (Å²) < 4.78 is 11.5. The standard InChI is InChI=1S/C9H11O2.Sn/c1-7-5-4-6-8(10-2)9(7)11-3;/h4-6H,1H2,2-3H3;. The van der Waals surface area contributed by atoms with Gasteiger partial charge in [0.05, 0.1) is 0 Å². The number of para-hydroxylation sites is 1. The summed E-state index contributed by atoms with van der Waals surface area (Å²) in [6, 6.07) is 5.96. The second-order valence-corrected chi connectivity index (χ2v) is 3.34. The van der Waals surface area contributed by atoms with Gasteiger partial charge in [0.15, 0.2) is 0 Å². The van der Waals surface area contributed by atoms with Crippen LogP contribution in [0.2, 0.25) is 0 Å². The molecular weight excluding hydrogens is 259 g/mol. The Morgan fingerprint density at radius 2 is 2.00 bits per heavy atom. The Morgan fingerprint density at radius 1 is 1.25 bits per heavy atom. The number of ether oxygens (including phenoxy) is 2. The molecule has 12 heavy (non-hydrogen) atoms. The van der Waals surface area contributed by atoms with Crippen molar-refractivity contribution >= 4 is 22.5 Å². The van der Waals surface area contributed by atoms with E-state index in [1.165, 1.54) is 28.1 Å². The first kappa shape index (κ1) is 9.70. The van der Waals surface area contributed by atoms with Crippen LogP contribution < -0.4 is 9.47 Å². The monoisotopic (exact) mass is 271 g/mol. The Balaban J connectivity index is 3.13. The Labute approximate surface area is 86.0 Å². The molecule has 3 radical (unpaired) electrons. The Morgan fingerprint density at radius 3 is 2.50 bits per heavy atom. The summed E-state index contributed by atoms with van der Waals surface area (Å²) in [6.07, 6.45) is 0. The number of rotatable bonds is 3. The Bertz CT molecular complexity index is 238. The van der Waals surface area contributed by atoms with Crippen molar-refractivity contribution in [2.75, 3.05) is 14.2 Å². The van der Waals surface area contributed by atoms with Gasteiger partial charge in [-0.05, 0) is 0 Å². The fraction of sp³-hybridized carbons (Fsp3) is 0.333. The van der Waals surface area contributed by atoms with Crippen molar-refractivity contribution in [2.24, 2.45) is 0 Å². The van der Waals surface area contributed by atoms with Gasteiger partial charge in [0.25, 0.3) is 0 Å². The van der Waals surface area contributed by atoms with E-state index in [9.17, 15) is 0 Å². The first-order valence-corrected chi connectivity index (χ1v) is 5.69. The molecule has 1 aromatic rings. The zero-order valence-corrected chi connectivity index (χ0v) is 10.1. The van der Waals surface area contributed by atoms with Gasteiger partial charge in [0, 0.05) is 0 Å². The second-order valence-electron chi connectivity index (χ2n) is 2.33. The molecule has 0 aliphatic carbocycles. The number of benzene rings is 1. The zero-order valence-electron chi connectivity index (χ0n) is 7.26. The van der Waals surface area contributed by atoms with E-state index in [4.69, 9.17) is 9.47 Å². The number of methoxy groups -OCH3 is 2. The molecule has 1 aromatic carbocycles. The van der Waals surface area contributed by atoms with Crippen molar-refractivity contribution in [3.05, 3.63) is 23.8 Å². The molecular formula is C9H11O2Sn. The zero-order chi connectivity index (χ0) is 8.97. The van der Waals surface area contributed by atoms with Gasteiger partial charge >= 0.3 is 85.9 Å². The molecule has 0 atom stereocenters. The predicted octanol–water partition coefficient (Wildman–Crippen LogP) is 1.37. The van der Waals surface area contributed by atoms with Crippen LogP contribution in [0.5, 0.6) is 11.5 Å². The van der Waals surface area contributed by atoms with Crippen LogP contribution in [0.25, 0.3) is 0 Å². The third-order valence-electron chi connectivity index (χ3n) is 1.67. The maximum absolute atomic E-state index is 5.25. The molecule has 0 aromatic heterocycles. The quantitative estimate of drug-likeness (QED) is 0.772. The van der Waals surface area contributed by atoms with Crippen molar-refractivity contribution in [3.63, 3.8) is 0 Å². The Kier molecular flexibility index (Phi) is 3.72. The second kappa shape index (κ2) is 4.60. The van der Waals surface area contributed by atoms with Gasteiger partial charge in [-0.1, -0.05) is 0 Å². The average Bonchev–Trinajstić information content (AvgIpc) is 2.16. The summed E-state index contributed by atoms with van der Waals surface area (Å²) in [5.74, 6) is 1.69. The normalized spacial score (nSPS) is 9.58. The van der Waals surface area contributed by atoms with Crippen LogP contribution in [0.15, 0.2) is 18.2 Å². The minimum absolute atomic E-state index is 0.817. The fourth-order valence-corrected chi connectivity index (χ4v) is 1.89. The molecule has 0 N–H and O–H groups in total. The van der Waals surface area contributed by atoms with Crippen molar-refractivity contribution in [1.82, 2.24) is 0 Å². The van der Waals surface area contributed by atoms with Gasteiger partial charge in [0.1, 0.15) is 0 Å². The average molecular weight is 270 g/mol. The molecule has 0 heterocycles. The van der Waals surface area contributed by atoms with Crippen molar-refractivity contribution in [3.8, 4) is 11.5 Å². The summed E-state index contributed by atoms with van der Waals surface area (Å²) in [7, 11) is 3.33. The minimum atomic E-state index is 0.817. The summed E-state index contributed by atoms with van der Waals surface area (Å²) in [4.78, 5) is 0. The van der Waals surface area contributed by atoms with Crippen LogP contribution in [-0.2, 0) is 4.44 Å². The molecule has 2 nitrogen and oxygen atoms in total. The van der Waals surface area contributed by atoms with Gasteiger partial charge in [-0.3, -0.25) is 0 Å². The van der Waals surface area contributed by atoms with E-state index < -0.39 is 0 Å². The van der Waals surface area contributed by atoms with Crippen LogP contribution in [0, 0.1) is 0 Å². The maximum atomic E-state index is 5.25. The number of hydrogen-bond acceptors (Lipinski definition) is 2. The first-order chi connectivity index (χ1) is 5.83. The van der Waals surface area contributed by atoms with Gasteiger partial charge in [-0.2, -0.15) is 0 Å². The summed E-state index contributed by atoms with van der Waals surface area (Å²) in [6.45, 7) is 0. The molecule has 1 rings (SSSR count). The summed E-state index contributed by atoms with van der Waals surface area (Å²) in [5.41, 5.74) is 1.22. The van der Waals surface area contributed by atoms with Crippen molar-refractivity contribution in [2.45, 2.75) is 4.44 Å². The van der Waals surface area contributed by atoms with Gasteiger partial charge in [-0.25, -0.2) is 0 Å². The molecule has 0 bridgehead atoms. The van der Waals surface area contributed by atoms with E-state index in [0.717, 1.165) is 15.9 Å². The van der Waals surface area contributed by atoms with E-state index in [-0.39, 0.29) is 0 Å². The Hall–Kier alpha value is -0.381. The molecule has 0 aliphatic rings. The van der Waals surface area contributed by atoms with E-state index in [0.29, 0.717) is 0 Å². The molecule has 0 saturated carbocycles. The predicted molar refractivity (Wildman–Crippen MR) is 49.0 cm³/mol. The van der Waals surface area contributed by atoms with E-state index >= 15 is 0 Å².